The average molecular weight is 716 g/mol. The van der Waals surface area contributed by atoms with Crippen molar-refractivity contribution in [1.29, 1.82) is 0 Å². The summed E-state index contributed by atoms with van der Waals surface area (Å²) in [4.78, 5) is 15.3. The molecule has 14 heteroatoms. The smallest absolute Gasteiger partial charge is 0.394 e. The number of hydrogen-bond acceptors (Lipinski definition) is 7. The largest absolute Gasteiger partial charge is 0.424 e. The number of carbonyl (C=O) groups is 1. The van der Waals surface area contributed by atoms with Gasteiger partial charge in [0.05, 0.1) is 10.9 Å². The van der Waals surface area contributed by atoms with E-state index in [4.69, 9.17) is 23.5 Å². The zero-order valence-corrected chi connectivity index (χ0v) is 29.2. The summed E-state index contributed by atoms with van der Waals surface area (Å²) in [5, 5.41) is -4.62. The van der Waals surface area contributed by atoms with Gasteiger partial charge in [0.1, 0.15) is 31.7 Å². The molecule has 1 aliphatic rings. The summed E-state index contributed by atoms with van der Waals surface area (Å²) >= 11 is 0. The van der Waals surface area contributed by atoms with E-state index >= 15 is 0 Å². The standard InChI is InChI=1S/C34H38F4O8S2/c1-21-16-28(17-22(2)30(21)46-29(39)18-43-23(3)34(37,38)48(40,41)42)47(26-12-8-24(9-13-26)31(4,5)6)27-14-10-25(11-15-27)32(7)44-19-33(35,36)20-45-32/h8-17,23H,18-20H2,1-7H3/p+1. The molecule has 1 saturated heterocycles. The zero-order valence-electron chi connectivity index (χ0n) is 27.6. The molecule has 0 spiro atoms. The van der Waals surface area contributed by atoms with Gasteiger partial charge in [-0.25, -0.2) is 13.6 Å². The van der Waals surface area contributed by atoms with E-state index in [1.54, 1.807) is 32.9 Å². The van der Waals surface area contributed by atoms with Crippen LogP contribution in [0.1, 0.15) is 56.9 Å². The molecule has 3 aromatic carbocycles. The second-order valence-electron chi connectivity index (χ2n) is 12.8. The van der Waals surface area contributed by atoms with E-state index in [1.807, 2.05) is 36.4 Å². The van der Waals surface area contributed by atoms with E-state index in [0.29, 0.717) is 23.6 Å². The van der Waals surface area contributed by atoms with Gasteiger partial charge in [0, 0.05) is 17.7 Å². The lowest BCUT2D eigenvalue weighted by Gasteiger charge is -2.37. The van der Waals surface area contributed by atoms with Gasteiger partial charge in [-0.2, -0.15) is 17.2 Å². The minimum atomic E-state index is -5.76. The lowest BCUT2D eigenvalue weighted by molar-refractivity contribution is -0.328. The Morgan fingerprint density at radius 1 is 0.938 bits per heavy atom. The number of rotatable bonds is 10. The van der Waals surface area contributed by atoms with E-state index in [1.165, 1.54) is 0 Å². The Balaban J connectivity index is 1.64. The maximum atomic E-state index is 13.8. The third-order valence-corrected chi connectivity index (χ3v) is 11.1. The van der Waals surface area contributed by atoms with Crippen molar-refractivity contribution in [3.63, 3.8) is 0 Å². The predicted octanol–water partition coefficient (Wildman–Crippen LogP) is 7.34. The molecular weight excluding hydrogens is 676 g/mol. The van der Waals surface area contributed by atoms with Crippen LogP contribution in [0.4, 0.5) is 17.6 Å². The van der Waals surface area contributed by atoms with E-state index in [0.717, 1.165) is 20.2 Å². The molecule has 4 rings (SSSR count). The Hall–Kier alpha value is -3.01. The third kappa shape index (κ3) is 8.40. The Morgan fingerprint density at radius 2 is 1.42 bits per heavy atom. The van der Waals surface area contributed by atoms with Gasteiger partial charge in [-0.1, -0.05) is 32.9 Å². The van der Waals surface area contributed by atoms with E-state index in [2.05, 4.69) is 32.9 Å². The molecule has 0 amide bonds. The fourth-order valence-electron chi connectivity index (χ4n) is 4.96. The summed E-state index contributed by atoms with van der Waals surface area (Å²) in [7, 11) is -6.44. The molecule has 262 valence electrons. The molecule has 0 bridgehead atoms. The molecule has 1 fully saturated rings. The SMILES string of the molecule is Cc1cc([S+](c2ccc(C(C)(C)C)cc2)c2ccc(C3(C)OCC(F)(F)CO3)cc2)cc(C)c1OC(=O)COC(C)C(F)(F)S(=O)(=O)O. The summed E-state index contributed by atoms with van der Waals surface area (Å²) in [6, 6.07) is 19.3. The van der Waals surface area contributed by atoms with Crippen LogP contribution < -0.4 is 4.74 Å². The fourth-order valence-corrected chi connectivity index (χ4v) is 7.67. The molecule has 0 radical (unpaired) electrons. The van der Waals surface area contributed by atoms with Gasteiger partial charge < -0.3 is 18.9 Å². The third-order valence-electron chi connectivity index (χ3n) is 7.84. The number of carbonyl (C=O) groups excluding carboxylic acids is 1. The van der Waals surface area contributed by atoms with E-state index < -0.39 is 69.9 Å². The molecular formula is C34H39F4O8S2+. The predicted molar refractivity (Wildman–Crippen MR) is 171 cm³/mol. The average Bonchev–Trinajstić information content (AvgIpc) is 2.99. The van der Waals surface area contributed by atoms with Crippen molar-refractivity contribution in [2.45, 2.75) is 91.6 Å². The Bertz CT molecular complexity index is 1710. The molecule has 1 N–H and O–H groups in total. The van der Waals surface area contributed by atoms with E-state index in [9.17, 15) is 30.8 Å². The number of esters is 1. The molecule has 0 aromatic heterocycles. The fraction of sp³-hybridized carbons (Fsp3) is 0.441. The van der Waals surface area contributed by atoms with Gasteiger partial charge in [-0.3, -0.25) is 4.55 Å². The monoisotopic (exact) mass is 715 g/mol. The normalized spacial score (nSPS) is 17.8. The minimum absolute atomic E-state index is 0.0759. The maximum absolute atomic E-state index is 13.8. The van der Waals surface area contributed by atoms with E-state index in [-0.39, 0.29) is 11.2 Å². The highest BCUT2D eigenvalue weighted by atomic mass is 32.2. The number of halogens is 4. The lowest BCUT2D eigenvalue weighted by Crippen LogP contribution is -2.46. The number of benzene rings is 3. The van der Waals surface area contributed by atoms with Gasteiger partial charge in [-0.05, 0) is 86.2 Å². The van der Waals surface area contributed by atoms with Crippen molar-refractivity contribution < 1.29 is 54.3 Å². The van der Waals surface area contributed by atoms with Crippen LogP contribution in [0, 0.1) is 13.8 Å². The van der Waals surface area contributed by atoms with Crippen molar-refractivity contribution >= 4 is 27.0 Å². The second kappa shape index (κ2) is 13.7. The van der Waals surface area contributed by atoms with Crippen LogP contribution >= 0.6 is 0 Å². The maximum Gasteiger partial charge on any atom is 0.394 e. The highest BCUT2D eigenvalue weighted by Gasteiger charge is 2.50. The zero-order chi connectivity index (χ0) is 35.9. The first-order chi connectivity index (χ1) is 22.0. The topological polar surface area (TPSA) is 108 Å². The van der Waals surface area contributed by atoms with Crippen LogP contribution in [0.5, 0.6) is 5.75 Å². The van der Waals surface area contributed by atoms with Gasteiger partial charge in [0.25, 0.3) is 5.92 Å². The van der Waals surface area contributed by atoms with Crippen molar-refractivity contribution in [3.05, 3.63) is 82.9 Å². The Kier molecular flexibility index (Phi) is 10.8. The lowest BCUT2D eigenvalue weighted by atomic mass is 9.87. The first-order valence-electron chi connectivity index (χ1n) is 14.9. The summed E-state index contributed by atoms with van der Waals surface area (Å²) < 4.78 is 107. The molecule has 8 nitrogen and oxygen atoms in total. The number of hydrogen-bond donors (Lipinski definition) is 1. The molecule has 1 heterocycles. The Labute approximate surface area is 280 Å². The van der Waals surface area contributed by atoms with Gasteiger partial charge in [0.2, 0.25) is 0 Å². The molecule has 0 saturated carbocycles. The van der Waals surface area contributed by atoms with Crippen LogP contribution in [0.3, 0.4) is 0 Å². The summed E-state index contributed by atoms with van der Waals surface area (Å²) in [5.41, 5.74) is 2.77. The van der Waals surface area contributed by atoms with Gasteiger partial charge >= 0.3 is 21.3 Å². The van der Waals surface area contributed by atoms with Crippen molar-refractivity contribution in [3.8, 4) is 5.75 Å². The highest BCUT2D eigenvalue weighted by Crippen LogP contribution is 2.39. The molecule has 1 aliphatic heterocycles. The minimum Gasteiger partial charge on any atom is -0.424 e. The van der Waals surface area contributed by atoms with Crippen LogP contribution in [0.2, 0.25) is 0 Å². The summed E-state index contributed by atoms with van der Waals surface area (Å²) in [5.74, 6) is -5.27. The summed E-state index contributed by atoms with van der Waals surface area (Å²) in [6.07, 6.45) is -2.32. The van der Waals surface area contributed by atoms with Crippen molar-refractivity contribution in [1.82, 2.24) is 0 Å². The first kappa shape index (κ1) is 37.8. The number of ether oxygens (including phenoxy) is 4. The molecule has 3 aromatic rings. The summed E-state index contributed by atoms with van der Waals surface area (Å²) in [6.45, 7) is 9.59. The van der Waals surface area contributed by atoms with Crippen LogP contribution in [-0.2, 0) is 51.2 Å². The van der Waals surface area contributed by atoms with Crippen molar-refractivity contribution in [2.75, 3.05) is 19.8 Å². The quantitative estimate of drug-likeness (QED) is 0.0764. The molecule has 2 unspecified atom stereocenters. The number of alkyl halides is 4. The van der Waals surface area contributed by atoms with Crippen LogP contribution in [0.25, 0.3) is 0 Å². The molecule has 0 aliphatic carbocycles. The highest BCUT2D eigenvalue weighted by molar-refractivity contribution is 7.97. The number of aryl methyl sites for hydroxylation is 2. The molecule has 2 atom stereocenters. The first-order valence-corrected chi connectivity index (χ1v) is 17.6. The second-order valence-corrected chi connectivity index (χ2v) is 16.4. The Morgan fingerprint density at radius 3 is 1.88 bits per heavy atom. The van der Waals surface area contributed by atoms with Gasteiger partial charge in [0.15, 0.2) is 20.5 Å². The van der Waals surface area contributed by atoms with Gasteiger partial charge in [-0.15, -0.1) is 0 Å². The van der Waals surface area contributed by atoms with Crippen molar-refractivity contribution in [2.24, 2.45) is 0 Å². The molecule has 48 heavy (non-hydrogen) atoms. The van der Waals surface area contributed by atoms with Crippen LogP contribution in [0.15, 0.2) is 75.4 Å². The van der Waals surface area contributed by atoms with Crippen LogP contribution in [-0.4, -0.2) is 56.0 Å².